The number of hydrogen-bond donors (Lipinski definition) is 0. The molecule has 0 spiro atoms. The van der Waals surface area contributed by atoms with Crippen molar-refractivity contribution in [3.63, 3.8) is 0 Å². The maximum atomic E-state index is 13.9. The number of halogens is 1. The van der Waals surface area contributed by atoms with Crippen molar-refractivity contribution < 1.29 is 9.18 Å². The number of aromatic nitrogens is 4. The molecule has 2 heterocycles. The number of carbonyl (C=O) groups is 1. The van der Waals surface area contributed by atoms with Crippen molar-refractivity contribution in [1.82, 2.24) is 20.0 Å². The Morgan fingerprint density at radius 2 is 1.30 bits per heavy atom. The minimum absolute atomic E-state index is 0.355. The van der Waals surface area contributed by atoms with Crippen molar-refractivity contribution in [2.75, 3.05) is 4.90 Å². The highest BCUT2D eigenvalue weighted by Crippen LogP contribution is 2.32. The number of rotatable bonds is 4. The summed E-state index contributed by atoms with van der Waals surface area (Å²) >= 11 is 0. The summed E-state index contributed by atoms with van der Waals surface area (Å²) in [6.45, 7) is 0. The van der Waals surface area contributed by atoms with Gasteiger partial charge in [0.2, 0.25) is 0 Å². The summed E-state index contributed by atoms with van der Waals surface area (Å²) in [5, 5.41) is 8.53. The van der Waals surface area contributed by atoms with E-state index in [-0.39, 0.29) is 5.82 Å². The van der Waals surface area contributed by atoms with E-state index in [0.29, 0.717) is 33.9 Å². The Labute approximate surface area is 189 Å². The molecule has 0 radical (unpaired) electrons. The number of anilines is 2. The number of hydrogen-bond acceptors (Lipinski definition) is 4. The maximum Gasteiger partial charge on any atom is 0.355 e. The number of carbonyl (C=O) groups excluding carboxylic acids is 1. The van der Waals surface area contributed by atoms with Gasteiger partial charge in [-0.15, -0.1) is 5.10 Å². The van der Waals surface area contributed by atoms with Gasteiger partial charge in [0, 0.05) is 23.5 Å². The topological polar surface area (TPSA) is 63.9 Å². The largest absolute Gasteiger partial charge is 0.355 e. The summed E-state index contributed by atoms with van der Waals surface area (Å²) in [6, 6.07) is 27.8. The van der Waals surface area contributed by atoms with Crippen LogP contribution in [0.5, 0.6) is 0 Å². The first-order chi connectivity index (χ1) is 16.2. The predicted octanol–water partition coefficient (Wildman–Crippen LogP) is 5.95. The van der Waals surface area contributed by atoms with Gasteiger partial charge in [0.15, 0.2) is 0 Å². The molecular formula is C26H18FN5O. The fourth-order valence-electron chi connectivity index (χ4n) is 3.61. The standard InChI is InChI=1S/C26H18FN5O/c27-21-13-11-19(12-14-21)24-25(20-15-17-28-18-16-20)32(30-29-24)26(33)31(22-7-3-1-4-8-22)23-9-5-2-6-10-23/h1-18H. The summed E-state index contributed by atoms with van der Waals surface area (Å²) < 4.78 is 14.8. The van der Waals surface area contributed by atoms with Crippen molar-refractivity contribution in [3.05, 3.63) is 115 Å². The second-order valence-electron chi connectivity index (χ2n) is 7.23. The SMILES string of the molecule is O=C(N(c1ccccc1)c1ccccc1)n1nnc(-c2ccc(F)cc2)c1-c1ccncc1. The average Bonchev–Trinajstić information content (AvgIpc) is 3.32. The second kappa shape index (κ2) is 8.84. The van der Waals surface area contributed by atoms with Crippen LogP contribution in [0.25, 0.3) is 22.5 Å². The lowest BCUT2D eigenvalue weighted by Crippen LogP contribution is -2.32. The van der Waals surface area contributed by atoms with E-state index in [0.717, 1.165) is 0 Å². The third-order valence-electron chi connectivity index (χ3n) is 5.14. The van der Waals surface area contributed by atoms with E-state index in [1.165, 1.54) is 16.8 Å². The zero-order valence-corrected chi connectivity index (χ0v) is 17.4. The van der Waals surface area contributed by atoms with Gasteiger partial charge < -0.3 is 0 Å². The number of para-hydroxylation sites is 2. The van der Waals surface area contributed by atoms with Gasteiger partial charge in [-0.2, -0.15) is 4.68 Å². The molecule has 2 aromatic heterocycles. The lowest BCUT2D eigenvalue weighted by Gasteiger charge is -2.23. The molecule has 7 heteroatoms. The van der Waals surface area contributed by atoms with Gasteiger partial charge in [0.1, 0.15) is 17.2 Å². The van der Waals surface area contributed by atoms with E-state index in [2.05, 4.69) is 15.3 Å². The molecule has 0 saturated heterocycles. The summed E-state index contributed by atoms with van der Waals surface area (Å²) in [4.78, 5) is 19.6. The van der Waals surface area contributed by atoms with E-state index in [9.17, 15) is 9.18 Å². The molecule has 0 bridgehead atoms. The highest BCUT2D eigenvalue weighted by Gasteiger charge is 2.27. The van der Waals surface area contributed by atoms with E-state index in [4.69, 9.17) is 0 Å². The monoisotopic (exact) mass is 435 g/mol. The van der Waals surface area contributed by atoms with Crippen LogP contribution < -0.4 is 4.90 Å². The van der Waals surface area contributed by atoms with Gasteiger partial charge in [-0.3, -0.25) is 9.88 Å². The van der Waals surface area contributed by atoms with E-state index in [1.54, 1.807) is 41.6 Å². The van der Waals surface area contributed by atoms with Crippen LogP contribution >= 0.6 is 0 Å². The van der Waals surface area contributed by atoms with Crippen LogP contribution in [-0.2, 0) is 0 Å². The summed E-state index contributed by atoms with van der Waals surface area (Å²) in [6.07, 6.45) is 3.27. The van der Waals surface area contributed by atoms with Gasteiger partial charge >= 0.3 is 6.03 Å². The zero-order chi connectivity index (χ0) is 22.6. The highest BCUT2D eigenvalue weighted by molar-refractivity contribution is 6.02. The second-order valence-corrected chi connectivity index (χ2v) is 7.23. The Bertz CT molecular complexity index is 1330. The number of amides is 1. The van der Waals surface area contributed by atoms with Crippen LogP contribution in [0.1, 0.15) is 0 Å². The van der Waals surface area contributed by atoms with Gasteiger partial charge in [-0.1, -0.05) is 41.6 Å². The normalized spacial score (nSPS) is 10.7. The van der Waals surface area contributed by atoms with Crippen molar-refractivity contribution in [2.24, 2.45) is 0 Å². The number of nitrogens with zero attached hydrogens (tertiary/aromatic N) is 5. The first kappa shape index (κ1) is 20.3. The van der Waals surface area contributed by atoms with E-state index < -0.39 is 6.03 Å². The molecule has 1 amide bonds. The summed E-state index contributed by atoms with van der Waals surface area (Å²) in [5.74, 6) is -0.355. The quantitative estimate of drug-likeness (QED) is 0.350. The zero-order valence-electron chi connectivity index (χ0n) is 17.4. The van der Waals surface area contributed by atoms with Crippen LogP contribution in [0, 0.1) is 5.82 Å². The summed E-state index contributed by atoms with van der Waals surface area (Å²) in [5.41, 5.74) is 3.69. The molecule has 0 aliphatic rings. The fraction of sp³-hybridized carbons (Fsp3) is 0. The minimum Gasteiger partial charge on any atom is -0.265 e. The Morgan fingerprint density at radius 1 is 0.727 bits per heavy atom. The van der Waals surface area contributed by atoms with Gasteiger partial charge in [0.05, 0.1) is 11.4 Å². The molecule has 5 rings (SSSR count). The van der Waals surface area contributed by atoms with Crippen molar-refractivity contribution in [2.45, 2.75) is 0 Å². The molecule has 0 unspecified atom stereocenters. The van der Waals surface area contributed by atoms with Crippen LogP contribution in [0.3, 0.4) is 0 Å². The van der Waals surface area contributed by atoms with Crippen LogP contribution in [0.15, 0.2) is 109 Å². The highest BCUT2D eigenvalue weighted by atomic mass is 19.1. The molecular weight excluding hydrogens is 417 g/mol. The maximum absolute atomic E-state index is 13.9. The molecule has 0 fully saturated rings. The molecule has 33 heavy (non-hydrogen) atoms. The molecule has 0 aliphatic heterocycles. The Hall–Kier alpha value is -4.65. The molecule has 6 nitrogen and oxygen atoms in total. The molecule has 0 N–H and O–H groups in total. The Balaban J connectivity index is 1.69. The van der Waals surface area contributed by atoms with Crippen LogP contribution in [-0.4, -0.2) is 26.0 Å². The Morgan fingerprint density at radius 3 is 1.88 bits per heavy atom. The van der Waals surface area contributed by atoms with Crippen LogP contribution in [0.4, 0.5) is 20.6 Å². The average molecular weight is 435 g/mol. The Kier molecular flexibility index (Phi) is 5.43. The van der Waals surface area contributed by atoms with Gasteiger partial charge in [0.25, 0.3) is 0 Å². The van der Waals surface area contributed by atoms with Crippen molar-refractivity contribution >= 4 is 17.4 Å². The number of benzene rings is 3. The third kappa shape index (κ3) is 3.99. The minimum atomic E-state index is -0.403. The predicted molar refractivity (Wildman–Crippen MR) is 124 cm³/mol. The van der Waals surface area contributed by atoms with Crippen molar-refractivity contribution in [3.8, 4) is 22.5 Å². The molecule has 5 aromatic rings. The van der Waals surface area contributed by atoms with Gasteiger partial charge in [-0.25, -0.2) is 9.18 Å². The van der Waals surface area contributed by atoms with Crippen molar-refractivity contribution in [1.29, 1.82) is 0 Å². The number of pyridine rings is 1. The summed E-state index contributed by atoms with van der Waals surface area (Å²) in [7, 11) is 0. The lowest BCUT2D eigenvalue weighted by atomic mass is 10.1. The fourth-order valence-corrected chi connectivity index (χ4v) is 3.61. The lowest BCUT2D eigenvalue weighted by molar-refractivity contribution is 0.247. The molecule has 160 valence electrons. The molecule has 3 aromatic carbocycles. The van der Waals surface area contributed by atoms with Gasteiger partial charge in [-0.05, 0) is 60.7 Å². The first-order valence-corrected chi connectivity index (χ1v) is 10.3. The third-order valence-corrected chi connectivity index (χ3v) is 5.14. The molecule has 0 atom stereocenters. The molecule has 0 saturated carbocycles. The first-order valence-electron chi connectivity index (χ1n) is 10.3. The van der Waals surface area contributed by atoms with E-state index >= 15 is 0 Å². The molecule has 0 aliphatic carbocycles. The van der Waals surface area contributed by atoms with E-state index in [1.807, 2.05) is 60.7 Å². The smallest absolute Gasteiger partial charge is 0.265 e. The van der Waals surface area contributed by atoms with Crippen LogP contribution in [0.2, 0.25) is 0 Å².